The van der Waals surface area contributed by atoms with Crippen LogP contribution in [0.5, 0.6) is 0 Å². The molecule has 0 fully saturated rings. The summed E-state index contributed by atoms with van der Waals surface area (Å²) < 4.78 is 20.6. The molecule has 1 heterocycles. The number of halogens is 1. The fourth-order valence-electron chi connectivity index (χ4n) is 3.97. The van der Waals surface area contributed by atoms with Crippen molar-refractivity contribution in [1.82, 2.24) is 4.57 Å². The molecule has 0 bridgehead atoms. The van der Waals surface area contributed by atoms with Crippen LogP contribution in [0, 0.1) is 5.82 Å². The summed E-state index contributed by atoms with van der Waals surface area (Å²) in [7, 11) is 0. The molecular weight excluding hydrogens is 421 g/mol. The molecule has 0 amide bonds. The van der Waals surface area contributed by atoms with Gasteiger partial charge in [0.1, 0.15) is 12.4 Å². The quantitative estimate of drug-likeness (QED) is 0.325. The average Bonchev–Trinajstić information content (AvgIpc) is 3.11. The van der Waals surface area contributed by atoms with Gasteiger partial charge in [0.25, 0.3) is 0 Å². The SMILES string of the molecule is C=CCOC(=O)C[C@@H](O)C[C@@H](O)/C=C/c1c(-c2ccc(F)cc2)c2ccccc2n1C(C)C. The zero-order valence-corrected chi connectivity index (χ0v) is 18.9. The largest absolute Gasteiger partial charge is 0.461 e. The van der Waals surface area contributed by atoms with Crippen molar-refractivity contribution >= 4 is 22.9 Å². The Morgan fingerprint density at radius 3 is 2.52 bits per heavy atom. The Morgan fingerprint density at radius 1 is 1.15 bits per heavy atom. The third-order valence-electron chi connectivity index (χ3n) is 5.35. The molecule has 1 aromatic heterocycles. The smallest absolute Gasteiger partial charge is 0.308 e. The molecular formula is C27H30FNO4. The van der Waals surface area contributed by atoms with Crippen LogP contribution in [0.3, 0.4) is 0 Å². The predicted octanol–water partition coefficient (Wildman–Crippen LogP) is 5.27. The Morgan fingerprint density at radius 2 is 1.85 bits per heavy atom. The van der Waals surface area contributed by atoms with E-state index >= 15 is 0 Å². The third-order valence-corrected chi connectivity index (χ3v) is 5.35. The summed E-state index contributed by atoms with van der Waals surface area (Å²) in [6.07, 6.45) is 2.68. The number of aliphatic hydroxyl groups excluding tert-OH is 2. The van der Waals surface area contributed by atoms with E-state index in [4.69, 9.17) is 4.74 Å². The molecule has 3 rings (SSSR count). The van der Waals surface area contributed by atoms with Gasteiger partial charge in [-0.3, -0.25) is 4.79 Å². The molecule has 0 saturated heterocycles. The van der Waals surface area contributed by atoms with Crippen LogP contribution in [0.2, 0.25) is 0 Å². The number of para-hydroxylation sites is 1. The van der Waals surface area contributed by atoms with Crippen LogP contribution >= 0.6 is 0 Å². The Kier molecular flexibility index (Phi) is 8.20. The Bertz CT molecular complexity index is 1130. The second-order valence-corrected chi connectivity index (χ2v) is 8.24. The van der Waals surface area contributed by atoms with Gasteiger partial charge < -0.3 is 19.5 Å². The van der Waals surface area contributed by atoms with Crippen LogP contribution < -0.4 is 0 Å². The molecule has 0 spiro atoms. The van der Waals surface area contributed by atoms with Crippen molar-refractivity contribution < 1.29 is 24.1 Å². The molecule has 0 aliphatic rings. The van der Waals surface area contributed by atoms with Crippen molar-refractivity contribution in [1.29, 1.82) is 0 Å². The summed E-state index contributed by atoms with van der Waals surface area (Å²) in [5, 5.41) is 21.7. The molecule has 0 aliphatic carbocycles. The number of ether oxygens (including phenoxy) is 1. The molecule has 33 heavy (non-hydrogen) atoms. The molecule has 0 radical (unpaired) electrons. The number of esters is 1. The van der Waals surface area contributed by atoms with Crippen LogP contribution in [0.25, 0.3) is 28.1 Å². The van der Waals surface area contributed by atoms with Gasteiger partial charge in [-0.2, -0.15) is 0 Å². The van der Waals surface area contributed by atoms with E-state index in [0.29, 0.717) is 0 Å². The third kappa shape index (κ3) is 5.97. The van der Waals surface area contributed by atoms with Gasteiger partial charge in [0.05, 0.1) is 18.6 Å². The fraction of sp³-hybridized carbons (Fsp3) is 0.296. The minimum absolute atomic E-state index is 0.00647. The summed E-state index contributed by atoms with van der Waals surface area (Å²) in [5.74, 6) is -0.850. The number of benzene rings is 2. The second kappa shape index (κ2) is 11.1. The van der Waals surface area contributed by atoms with E-state index in [1.165, 1.54) is 18.2 Å². The highest BCUT2D eigenvalue weighted by Gasteiger charge is 2.19. The van der Waals surface area contributed by atoms with Gasteiger partial charge in [-0.1, -0.05) is 49.1 Å². The molecule has 2 N–H and O–H groups in total. The van der Waals surface area contributed by atoms with Crippen LogP contribution in [0.1, 0.15) is 38.4 Å². The van der Waals surface area contributed by atoms with Gasteiger partial charge >= 0.3 is 5.97 Å². The number of hydrogen-bond acceptors (Lipinski definition) is 4. The number of carbonyl (C=O) groups is 1. The lowest BCUT2D eigenvalue weighted by molar-refractivity contribution is -0.144. The highest BCUT2D eigenvalue weighted by molar-refractivity contribution is 6.01. The zero-order chi connectivity index (χ0) is 24.0. The van der Waals surface area contributed by atoms with E-state index in [1.807, 2.05) is 30.3 Å². The topological polar surface area (TPSA) is 71.7 Å². The number of aliphatic hydroxyl groups is 2. The van der Waals surface area contributed by atoms with Gasteiger partial charge in [0.15, 0.2) is 0 Å². The van der Waals surface area contributed by atoms with E-state index in [9.17, 15) is 19.4 Å². The number of fused-ring (bicyclic) bond motifs is 1. The Hall–Kier alpha value is -3.22. The van der Waals surface area contributed by atoms with Crippen molar-refractivity contribution in [2.24, 2.45) is 0 Å². The number of rotatable bonds is 10. The predicted molar refractivity (Wildman–Crippen MR) is 129 cm³/mol. The molecule has 0 unspecified atom stereocenters. The number of aromatic nitrogens is 1. The van der Waals surface area contributed by atoms with E-state index in [0.717, 1.165) is 27.7 Å². The van der Waals surface area contributed by atoms with E-state index in [2.05, 4.69) is 25.0 Å². The van der Waals surface area contributed by atoms with E-state index < -0.39 is 18.2 Å². The highest BCUT2D eigenvalue weighted by atomic mass is 19.1. The lowest BCUT2D eigenvalue weighted by Crippen LogP contribution is -2.20. The minimum Gasteiger partial charge on any atom is -0.461 e. The first-order chi connectivity index (χ1) is 15.8. The maximum atomic E-state index is 13.6. The lowest BCUT2D eigenvalue weighted by atomic mass is 10.0. The van der Waals surface area contributed by atoms with Crippen LogP contribution in [-0.2, 0) is 9.53 Å². The minimum atomic E-state index is -1.03. The first kappa shape index (κ1) is 24.4. The maximum absolute atomic E-state index is 13.6. The van der Waals surface area contributed by atoms with E-state index in [1.54, 1.807) is 18.2 Å². The van der Waals surface area contributed by atoms with Gasteiger partial charge in [0, 0.05) is 34.6 Å². The average molecular weight is 452 g/mol. The van der Waals surface area contributed by atoms with Crippen molar-refractivity contribution in [2.75, 3.05) is 6.61 Å². The lowest BCUT2D eigenvalue weighted by Gasteiger charge is -2.15. The summed E-state index contributed by atoms with van der Waals surface area (Å²) >= 11 is 0. The first-order valence-electron chi connectivity index (χ1n) is 11.0. The summed E-state index contributed by atoms with van der Waals surface area (Å²) in [4.78, 5) is 11.7. The first-order valence-corrected chi connectivity index (χ1v) is 11.0. The molecule has 2 atom stereocenters. The Balaban J connectivity index is 1.93. The normalized spacial score (nSPS) is 13.5. The molecule has 2 aromatic carbocycles. The highest BCUT2D eigenvalue weighted by Crippen LogP contribution is 2.38. The monoisotopic (exact) mass is 451 g/mol. The van der Waals surface area contributed by atoms with Crippen molar-refractivity contribution in [2.45, 2.75) is 44.9 Å². The van der Waals surface area contributed by atoms with Crippen molar-refractivity contribution in [3.8, 4) is 11.1 Å². The van der Waals surface area contributed by atoms with Gasteiger partial charge in [0.2, 0.25) is 0 Å². The molecule has 0 aliphatic heterocycles. The fourth-order valence-corrected chi connectivity index (χ4v) is 3.97. The second-order valence-electron chi connectivity index (χ2n) is 8.24. The van der Waals surface area contributed by atoms with Crippen LogP contribution in [0.15, 0.2) is 67.3 Å². The van der Waals surface area contributed by atoms with Crippen molar-refractivity contribution in [3.05, 3.63) is 78.8 Å². The summed E-state index contributed by atoms with van der Waals surface area (Å²) in [6.45, 7) is 7.71. The number of nitrogens with zero attached hydrogens (tertiary/aromatic N) is 1. The van der Waals surface area contributed by atoms with Crippen LogP contribution in [0.4, 0.5) is 4.39 Å². The molecule has 5 nitrogen and oxygen atoms in total. The molecule has 6 heteroatoms. The molecule has 3 aromatic rings. The number of carbonyl (C=O) groups excluding carboxylic acids is 1. The maximum Gasteiger partial charge on any atom is 0.308 e. The standard InChI is InChI=1S/C27H30FNO4/c1-4-15-33-26(32)17-22(31)16-21(30)13-14-25-27(19-9-11-20(28)12-10-19)23-7-5-6-8-24(23)29(25)18(2)3/h4-14,18,21-22,30-31H,1,15-17H2,2-3H3/b14-13+/t21-,22-/m0/s1. The number of hydrogen-bond donors (Lipinski definition) is 2. The zero-order valence-electron chi connectivity index (χ0n) is 18.9. The van der Waals surface area contributed by atoms with Crippen LogP contribution in [-0.4, -0.2) is 39.6 Å². The van der Waals surface area contributed by atoms with Gasteiger partial charge in [-0.15, -0.1) is 0 Å². The van der Waals surface area contributed by atoms with Gasteiger partial charge in [-0.25, -0.2) is 4.39 Å². The van der Waals surface area contributed by atoms with Gasteiger partial charge in [-0.05, 0) is 43.7 Å². The Labute approximate surface area is 193 Å². The van der Waals surface area contributed by atoms with Crippen molar-refractivity contribution in [3.63, 3.8) is 0 Å². The summed E-state index contributed by atoms with van der Waals surface area (Å²) in [6, 6.07) is 14.5. The molecule has 0 saturated carbocycles. The van der Waals surface area contributed by atoms with E-state index in [-0.39, 0.29) is 31.3 Å². The molecule has 174 valence electrons. The summed E-state index contributed by atoms with van der Waals surface area (Å²) in [5.41, 5.74) is 3.71.